The standard InChI is InChI=1S/C18H21N5O7.C16H17N5O4.CH4.B4/c1-2-28-18(24)22-11-12-4-3-5-13(10-12)29-8-6-27-7-9-30-17-20-15(19)14(23(25)26)16(22)21-17;17-13-12-14-20-15(19-13)25-7-5-23-4-6-24-11-3-1-2-10(8-11)9-21(14)16(22)18-12;;1-4(2)3/h3-5,10H,2,6-9,11H2,1H3,(H2,19,20,21);1-3,8H,4-7,9H2,(H,18,22)(H2,17,19,20);1H4;. The Morgan fingerprint density at radius 3 is 1.90 bits per heavy atom. The van der Waals surface area contributed by atoms with Crippen LogP contribution in [-0.2, 0) is 27.3 Å². The number of amides is 1. The maximum Gasteiger partial charge on any atom is 0.415 e. The summed E-state index contributed by atoms with van der Waals surface area (Å²) in [4.78, 5) is 55.9. The number of imidazole rings is 1. The number of nitro groups is 1. The van der Waals surface area contributed by atoms with Gasteiger partial charge in [-0.05, 0) is 42.3 Å². The maximum atomic E-state index is 12.7. The van der Waals surface area contributed by atoms with Crippen molar-refractivity contribution in [2.45, 2.75) is 27.4 Å². The summed E-state index contributed by atoms with van der Waals surface area (Å²) in [5.74, 6) is 0.677. The second-order valence-corrected chi connectivity index (χ2v) is 12.2. The Kier molecular flexibility index (Phi) is 17.4. The number of anilines is 3. The smallest absolute Gasteiger partial charge is 0.415 e. The first kappa shape index (κ1) is 46.2. The highest BCUT2D eigenvalue weighted by atomic mass is 16.6. The summed E-state index contributed by atoms with van der Waals surface area (Å²) in [6.07, 6.45) is -1.50. The molecule has 8 bridgehead atoms. The average Bonchev–Trinajstić information content (AvgIpc) is 3.50. The van der Waals surface area contributed by atoms with Crippen LogP contribution in [0.5, 0.6) is 23.5 Å². The molecule has 0 fully saturated rings. The van der Waals surface area contributed by atoms with Gasteiger partial charge in [0, 0.05) is 29.6 Å². The van der Waals surface area contributed by atoms with Crippen molar-refractivity contribution in [3.8, 4) is 23.5 Å². The van der Waals surface area contributed by atoms with Crippen LogP contribution in [0.2, 0.25) is 0 Å². The minimum atomic E-state index is -0.830. The fraction of sp³-hybridized carbons (Fsp3) is 0.371. The van der Waals surface area contributed by atoms with Gasteiger partial charge in [0.25, 0.3) is 0 Å². The molecule has 60 heavy (non-hydrogen) atoms. The van der Waals surface area contributed by atoms with Gasteiger partial charge >= 0.3 is 29.5 Å². The molecule has 0 unspecified atom stereocenters. The van der Waals surface area contributed by atoms with Crippen molar-refractivity contribution in [3.05, 3.63) is 80.3 Å². The van der Waals surface area contributed by atoms with Crippen LogP contribution in [0.4, 0.5) is 27.9 Å². The van der Waals surface area contributed by atoms with Gasteiger partial charge in [0.15, 0.2) is 11.5 Å². The lowest BCUT2D eigenvalue weighted by atomic mass is 9.08. The van der Waals surface area contributed by atoms with E-state index >= 15 is 0 Å². The van der Waals surface area contributed by atoms with Crippen LogP contribution in [0.15, 0.2) is 53.3 Å². The highest BCUT2D eigenvalue weighted by Gasteiger charge is 2.32. The molecule has 1 amide bonds. The van der Waals surface area contributed by atoms with Gasteiger partial charge in [-0.25, -0.2) is 9.59 Å². The van der Waals surface area contributed by atoms with Gasteiger partial charge in [0.05, 0.1) is 51.0 Å². The number of carbonyl (C=O) groups is 1. The molecule has 2 aliphatic heterocycles. The Hall–Kier alpha value is -6.48. The first-order chi connectivity index (χ1) is 28.4. The number of rotatable bonds is 2. The van der Waals surface area contributed by atoms with Crippen LogP contribution in [0.1, 0.15) is 25.5 Å². The Morgan fingerprint density at radius 1 is 0.833 bits per heavy atom. The summed E-state index contributed by atoms with van der Waals surface area (Å²) in [5, 5.41) is 11.6. The average molecular weight is 822 g/mol. The SMILES string of the molecule is C.CCOC(=O)N1Cc2cccc(c2)OCCOCCOc2nc(N)c([N+](=O)[O-])c1n2.Nc1nc2nc3c1[nH]c(=O)n3Cc1cccc(c1)OCCOCCO2.[B]B([B])[B]. The number of nitrogens with zero attached hydrogens (tertiary/aromatic N) is 7. The third-order valence-electron chi connectivity index (χ3n) is 7.82. The molecule has 7 rings (SSSR count). The molecule has 2 aliphatic rings. The molecule has 0 aliphatic carbocycles. The number of fused-ring (bicyclic) bond motifs is 7. The highest BCUT2D eigenvalue weighted by molar-refractivity contribution is 7.49. The molecular formula is C35H42B4N10O11. The van der Waals surface area contributed by atoms with Crippen molar-refractivity contribution in [1.82, 2.24) is 29.5 Å². The van der Waals surface area contributed by atoms with E-state index in [-0.39, 0.29) is 69.7 Å². The summed E-state index contributed by atoms with van der Waals surface area (Å²) in [7, 11) is 14.0. The normalized spacial score (nSPS) is 14.0. The van der Waals surface area contributed by atoms with Crippen LogP contribution in [-0.4, -0.2) is 130 Å². The number of H-pyrrole nitrogens is 1. The predicted octanol–water partition coefficient (Wildman–Crippen LogP) is 1.57. The maximum absolute atomic E-state index is 12.7. The third-order valence-corrected chi connectivity index (χ3v) is 7.82. The number of carbonyl (C=O) groups excluding carboxylic acids is 1. The van der Waals surface area contributed by atoms with E-state index in [9.17, 15) is 19.7 Å². The third kappa shape index (κ3) is 13.0. The number of aromatic amines is 1. The van der Waals surface area contributed by atoms with Crippen molar-refractivity contribution < 1.29 is 42.9 Å². The molecule has 5 heterocycles. The summed E-state index contributed by atoms with van der Waals surface area (Å²) in [6, 6.07) is 14.4. The molecule has 25 heteroatoms. The molecule has 5 N–H and O–H groups in total. The number of nitrogens with one attached hydrogen (secondary N) is 1. The zero-order valence-corrected chi connectivity index (χ0v) is 32.0. The van der Waals surface area contributed by atoms with E-state index in [0.29, 0.717) is 62.1 Å². The van der Waals surface area contributed by atoms with Gasteiger partial charge in [-0.1, -0.05) is 31.7 Å². The van der Waals surface area contributed by atoms with Crippen LogP contribution in [0.25, 0.3) is 11.2 Å². The highest BCUT2D eigenvalue weighted by Crippen LogP contribution is 2.34. The number of nitrogens with two attached hydrogens (primary N) is 2. The summed E-state index contributed by atoms with van der Waals surface area (Å²) in [6.45, 7) is 4.36. The van der Waals surface area contributed by atoms with E-state index in [1.807, 2.05) is 24.3 Å². The Morgan fingerprint density at radius 2 is 1.35 bits per heavy atom. The molecule has 2 aromatic carbocycles. The molecular weight excluding hydrogens is 780 g/mol. The summed E-state index contributed by atoms with van der Waals surface area (Å²) in [5.41, 5.74) is 13.1. The second kappa shape index (κ2) is 22.6. The summed E-state index contributed by atoms with van der Waals surface area (Å²) >= 11 is 0. The van der Waals surface area contributed by atoms with E-state index in [0.717, 1.165) is 16.2 Å². The summed E-state index contributed by atoms with van der Waals surface area (Å²) < 4.78 is 39.6. The second-order valence-electron chi connectivity index (χ2n) is 12.2. The van der Waals surface area contributed by atoms with Crippen molar-refractivity contribution in [2.75, 3.05) is 75.8 Å². The first-order valence-electron chi connectivity index (χ1n) is 18.1. The number of nitrogen functional groups attached to an aromatic ring is 2. The predicted molar refractivity (Wildman–Crippen MR) is 224 cm³/mol. The van der Waals surface area contributed by atoms with Crippen LogP contribution >= 0.6 is 0 Å². The molecule has 0 saturated carbocycles. The van der Waals surface area contributed by atoms with Gasteiger partial charge in [0.2, 0.25) is 11.6 Å². The van der Waals surface area contributed by atoms with Crippen LogP contribution in [0, 0.1) is 10.1 Å². The lowest BCUT2D eigenvalue weighted by Gasteiger charge is -2.21. The Bertz CT molecular complexity index is 2260. The molecule has 0 atom stereocenters. The molecule has 0 saturated heterocycles. The van der Waals surface area contributed by atoms with Gasteiger partial charge in [0.1, 0.15) is 43.4 Å². The van der Waals surface area contributed by atoms with E-state index < -0.39 is 28.9 Å². The number of hydrogen-bond donors (Lipinski definition) is 3. The Labute approximate surface area is 348 Å². The van der Waals surface area contributed by atoms with E-state index in [4.69, 9.17) is 44.6 Å². The molecule has 3 aromatic heterocycles. The molecule has 5 aromatic rings. The monoisotopic (exact) mass is 822 g/mol. The molecule has 21 nitrogen and oxygen atoms in total. The van der Waals surface area contributed by atoms with Crippen molar-refractivity contribution >= 4 is 70.0 Å². The number of aromatic nitrogens is 6. The molecule has 310 valence electrons. The van der Waals surface area contributed by atoms with E-state index in [1.54, 1.807) is 31.2 Å². The minimum Gasteiger partial charge on any atom is -0.491 e. The van der Waals surface area contributed by atoms with E-state index in [2.05, 4.69) is 48.1 Å². The van der Waals surface area contributed by atoms with Crippen molar-refractivity contribution in [1.29, 1.82) is 0 Å². The minimum absolute atomic E-state index is 0. The number of hydrogen-bond acceptors (Lipinski definition) is 17. The fourth-order valence-electron chi connectivity index (χ4n) is 5.39. The van der Waals surface area contributed by atoms with E-state index in [1.165, 1.54) is 4.57 Å². The van der Waals surface area contributed by atoms with Gasteiger partial charge in [-0.3, -0.25) is 19.6 Å². The lowest BCUT2D eigenvalue weighted by molar-refractivity contribution is -0.383. The van der Waals surface area contributed by atoms with Gasteiger partial charge < -0.3 is 49.6 Å². The first-order valence-corrected chi connectivity index (χ1v) is 18.1. The lowest BCUT2D eigenvalue weighted by Crippen LogP contribution is -2.33. The van der Waals surface area contributed by atoms with Gasteiger partial charge in [-0.15, -0.1) is 0 Å². The van der Waals surface area contributed by atoms with Crippen LogP contribution in [0.3, 0.4) is 0 Å². The zero-order chi connectivity index (χ0) is 42.3. The topological polar surface area (TPSA) is 269 Å². The number of ether oxygens (including phenoxy) is 7. The quantitative estimate of drug-likeness (QED) is 0.130. The van der Waals surface area contributed by atoms with Crippen molar-refractivity contribution in [3.63, 3.8) is 0 Å². The Balaban J connectivity index is 0.000000242. The fourth-order valence-corrected chi connectivity index (χ4v) is 5.39. The van der Waals surface area contributed by atoms with Crippen LogP contribution < -0.4 is 41.0 Å². The molecule has 0 spiro atoms. The number of benzene rings is 2. The van der Waals surface area contributed by atoms with Crippen molar-refractivity contribution in [2.24, 2.45) is 0 Å². The zero-order valence-electron chi connectivity index (χ0n) is 32.0. The van der Waals surface area contributed by atoms with Gasteiger partial charge in [-0.2, -0.15) is 19.9 Å². The largest absolute Gasteiger partial charge is 0.491 e. The molecule has 6 radical (unpaired) electrons.